The molecule has 1 saturated heterocycles. The molecule has 0 aromatic carbocycles. The summed E-state index contributed by atoms with van der Waals surface area (Å²) in [6, 6.07) is 6.95. The van der Waals surface area contributed by atoms with Crippen molar-refractivity contribution in [2.75, 3.05) is 11.4 Å². The van der Waals surface area contributed by atoms with Crippen LogP contribution in [0.5, 0.6) is 0 Å². The molecule has 0 radical (unpaired) electrons. The molecule has 3 heteroatoms. The van der Waals surface area contributed by atoms with E-state index < -0.39 is 0 Å². The Bertz CT molecular complexity index is 394. The van der Waals surface area contributed by atoms with Crippen LogP contribution in [0.2, 0.25) is 0 Å². The Morgan fingerprint density at radius 2 is 2.12 bits per heavy atom. The van der Waals surface area contributed by atoms with Gasteiger partial charge in [0.15, 0.2) is 0 Å². The van der Waals surface area contributed by atoms with Crippen LogP contribution in [0.1, 0.15) is 37.8 Å². The zero-order valence-corrected chi connectivity index (χ0v) is 10.9. The van der Waals surface area contributed by atoms with Gasteiger partial charge in [0.05, 0.1) is 11.6 Å². The molecule has 1 saturated carbocycles. The largest absolute Gasteiger partial charge is 0.353 e. The molecule has 2 nitrogen and oxygen atoms in total. The van der Waals surface area contributed by atoms with E-state index in [0.717, 1.165) is 23.5 Å². The van der Waals surface area contributed by atoms with Crippen LogP contribution in [0.3, 0.4) is 0 Å². The van der Waals surface area contributed by atoms with E-state index in [4.69, 9.17) is 11.6 Å². The van der Waals surface area contributed by atoms with Crippen molar-refractivity contribution in [2.45, 2.75) is 44.0 Å². The highest BCUT2D eigenvalue weighted by molar-refractivity contribution is 6.16. The van der Waals surface area contributed by atoms with E-state index in [1.165, 1.54) is 38.6 Å². The Hall–Kier alpha value is -0.760. The number of nitrogens with zero attached hydrogens (tertiary/aromatic N) is 2. The van der Waals surface area contributed by atoms with Crippen molar-refractivity contribution >= 4 is 17.4 Å². The molecule has 0 N–H and O–H groups in total. The van der Waals surface area contributed by atoms with Crippen LogP contribution < -0.4 is 4.90 Å². The first-order chi connectivity index (χ1) is 8.38. The molecule has 0 spiro atoms. The summed E-state index contributed by atoms with van der Waals surface area (Å²) >= 11 is 5.86. The van der Waals surface area contributed by atoms with Crippen LogP contribution in [-0.4, -0.2) is 17.6 Å². The minimum Gasteiger partial charge on any atom is -0.353 e. The monoisotopic (exact) mass is 250 g/mol. The van der Waals surface area contributed by atoms with Crippen molar-refractivity contribution in [1.82, 2.24) is 4.98 Å². The lowest BCUT2D eigenvalue weighted by Crippen LogP contribution is -2.35. The molecule has 3 rings (SSSR count). The highest BCUT2D eigenvalue weighted by Crippen LogP contribution is 2.38. The molecule has 2 aliphatic rings. The molecule has 17 heavy (non-hydrogen) atoms. The number of anilines is 1. The predicted octanol–water partition coefficient (Wildman–Crippen LogP) is 3.59. The number of fused-ring (bicyclic) bond motifs is 1. The fraction of sp³-hybridized carbons (Fsp3) is 0.643. The number of pyridine rings is 1. The van der Waals surface area contributed by atoms with E-state index in [1.807, 2.05) is 6.07 Å². The summed E-state index contributed by atoms with van der Waals surface area (Å²) in [5.74, 6) is 2.55. The van der Waals surface area contributed by atoms with E-state index >= 15 is 0 Å². The van der Waals surface area contributed by atoms with Crippen molar-refractivity contribution < 1.29 is 0 Å². The fourth-order valence-corrected chi connectivity index (χ4v) is 3.54. The lowest BCUT2D eigenvalue weighted by atomic mass is 9.85. The Balaban J connectivity index is 1.83. The first-order valence-corrected chi connectivity index (χ1v) is 7.20. The first-order valence-electron chi connectivity index (χ1n) is 6.67. The molecule has 2 fully saturated rings. The van der Waals surface area contributed by atoms with Gasteiger partial charge in [-0.15, -0.1) is 11.6 Å². The molecule has 1 aliphatic heterocycles. The smallest absolute Gasteiger partial charge is 0.129 e. The zero-order valence-electron chi connectivity index (χ0n) is 10.1. The summed E-state index contributed by atoms with van der Waals surface area (Å²) < 4.78 is 0. The third kappa shape index (κ3) is 2.15. The van der Waals surface area contributed by atoms with Crippen LogP contribution in [0, 0.1) is 5.92 Å². The summed E-state index contributed by atoms with van der Waals surface area (Å²) in [6.07, 6.45) is 6.91. The average molecular weight is 251 g/mol. The SMILES string of the molecule is ClCc1cccc(N2CCC3CCCCC32)n1. The van der Waals surface area contributed by atoms with Crippen molar-refractivity contribution in [3.05, 3.63) is 23.9 Å². The number of aromatic nitrogens is 1. The van der Waals surface area contributed by atoms with Crippen LogP contribution >= 0.6 is 11.6 Å². The van der Waals surface area contributed by atoms with Crippen molar-refractivity contribution in [1.29, 1.82) is 0 Å². The van der Waals surface area contributed by atoms with Crippen LogP contribution in [0.15, 0.2) is 18.2 Å². The van der Waals surface area contributed by atoms with E-state index in [1.54, 1.807) is 0 Å². The molecule has 1 aromatic rings. The highest BCUT2D eigenvalue weighted by Gasteiger charge is 2.36. The first kappa shape index (κ1) is 11.3. The highest BCUT2D eigenvalue weighted by atomic mass is 35.5. The van der Waals surface area contributed by atoms with Crippen LogP contribution in [0.25, 0.3) is 0 Å². The second-order valence-corrected chi connectivity index (χ2v) is 5.48. The van der Waals surface area contributed by atoms with Gasteiger partial charge in [-0.1, -0.05) is 18.9 Å². The number of hydrogen-bond donors (Lipinski definition) is 0. The van der Waals surface area contributed by atoms with Gasteiger partial charge in [-0.05, 0) is 37.3 Å². The topological polar surface area (TPSA) is 16.1 Å². The molecule has 0 bridgehead atoms. The van der Waals surface area contributed by atoms with E-state index in [2.05, 4.69) is 22.0 Å². The molecule has 2 atom stereocenters. The molecule has 2 heterocycles. The molecule has 0 amide bonds. The second-order valence-electron chi connectivity index (χ2n) is 5.21. The predicted molar refractivity (Wildman–Crippen MR) is 71.5 cm³/mol. The molecule has 2 unspecified atom stereocenters. The van der Waals surface area contributed by atoms with E-state index in [9.17, 15) is 0 Å². The Labute approximate surface area is 108 Å². The van der Waals surface area contributed by atoms with Gasteiger partial charge in [0.1, 0.15) is 5.82 Å². The lowest BCUT2D eigenvalue weighted by molar-refractivity contribution is 0.341. The maximum Gasteiger partial charge on any atom is 0.129 e. The Kier molecular flexibility index (Phi) is 3.24. The molecule has 1 aliphatic carbocycles. The summed E-state index contributed by atoms with van der Waals surface area (Å²) in [5.41, 5.74) is 0.989. The maximum atomic E-state index is 5.86. The Morgan fingerprint density at radius 3 is 3.00 bits per heavy atom. The van der Waals surface area contributed by atoms with Gasteiger partial charge in [0, 0.05) is 12.6 Å². The Morgan fingerprint density at radius 1 is 1.24 bits per heavy atom. The molecule has 92 valence electrons. The van der Waals surface area contributed by atoms with E-state index in [-0.39, 0.29) is 0 Å². The zero-order chi connectivity index (χ0) is 11.7. The fourth-order valence-electron chi connectivity index (χ4n) is 3.39. The third-order valence-electron chi connectivity index (χ3n) is 4.23. The third-order valence-corrected chi connectivity index (χ3v) is 4.51. The minimum absolute atomic E-state index is 0.510. The van der Waals surface area contributed by atoms with E-state index in [0.29, 0.717) is 5.88 Å². The summed E-state index contributed by atoms with van der Waals surface area (Å²) in [6.45, 7) is 1.17. The van der Waals surface area contributed by atoms with Crippen molar-refractivity contribution in [2.24, 2.45) is 5.92 Å². The van der Waals surface area contributed by atoms with Crippen molar-refractivity contribution in [3.8, 4) is 0 Å². The lowest BCUT2D eigenvalue weighted by Gasteiger charge is -2.32. The standard InChI is InChI=1S/C14H19ClN2/c15-10-12-5-3-7-14(16-12)17-9-8-11-4-1-2-6-13(11)17/h3,5,7,11,13H,1-2,4,6,8-10H2. The van der Waals surface area contributed by atoms with Gasteiger partial charge < -0.3 is 4.90 Å². The molecule has 1 aromatic heterocycles. The number of alkyl halides is 1. The van der Waals surface area contributed by atoms with Gasteiger partial charge in [-0.25, -0.2) is 4.98 Å². The normalized spacial score (nSPS) is 28.2. The minimum atomic E-state index is 0.510. The summed E-state index contributed by atoms with van der Waals surface area (Å²) in [7, 11) is 0. The van der Waals surface area contributed by atoms with Gasteiger partial charge in [-0.3, -0.25) is 0 Å². The second kappa shape index (κ2) is 4.85. The van der Waals surface area contributed by atoms with Gasteiger partial charge in [0.25, 0.3) is 0 Å². The molecular weight excluding hydrogens is 232 g/mol. The average Bonchev–Trinajstić information content (AvgIpc) is 2.82. The number of rotatable bonds is 2. The maximum absolute atomic E-state index is 5.86. The summed E-state index contributed by atoms with van der Waals surface area (Å²) in [4.78, 5) is 7.17. The van der Waals surface area contributed by atoms with Gasteiger partial charge >= 0.3 is 0 Å². The van der Waals surface area contributed by atoms with Gasteiger partial charge in [-0.2, -0.15) is 0 Å². The van der Waals surface area contributed by atoms with Gasteiger partial charge in [0.2, 0.25) is 0 Å². The number of hydrogen-bond acceptors (Lipinski definition) is 2. The number of halogens is 1. The summed E-state index contributed by atoms with van der Waals surface area (Å²) in [5, 5.41) is 0. The quantitative estimate of drug-likeness (QED) is 0.746. The van der Waals surface area contributed by atoms with Crippen molar-refractivity contribution in [3.63, 3.8) is 0 Å². The molecular formula is C14H19ClN2. The van der Waals surface area contributed by atoms with Crippen LogP contribution in [0.4, 0.5) is 5.82 Å². The van der Waals surface area contributed by atoms with Crippen LogP contribution in [-0.2, 0) is 5.88 Å².